The van der Waals surface area contributed by atoms with E-state index in [1.54, 1.807) is 0 Å². The van der Waals surface area contributed by atoms with E-state index in [-0.39, 0.29) is 5.91 Å². The lowest BCUT2D eigenvalue weighted by Crippen LogP contribution is -2.44. The zero-order valence-corrected chi connectivity index (χ0v) is 11.0. The first-order chi connectivity index (χ1) is 7.00. The molecule has 1 aliphatic heterocycles. The van der Waals surface area contributed by atoms with E-state index in [0.717, 1.165) is 32.8 Å². The number of nitrogens with zero attached hydrogens (tertiary/aromatic N) is 1. The molecule has 0 saturated carbocycles. The molecule has 0 radical (unpaired) electrons. The molecule has 0 unspecified atom stereocenters. The molecule has 1 rings (SSSR count). The van der Waals surface area contributed by atoms with Crippen molar-refractivity contribution in [2.75, 3.05) is 39.4 Å². The molecule has 0 aromatic heterocycles. The van der Waals surface area contributed by atoms with Crippen LogP contribution >= 0.6 is 15.9 Å². The Morgan fingerprint density at radius 1 is 1.47 bits per heavy atom. The van der Waals surface area contributed by atoms with Crippen LogP contribution in [0, 0.1) is 0 Å². The van der Waals surface area contributed by atoms with E-state index in [1.807, 2.05) is 13.8 Å². The minimum absolute atomic E-state index is 0.0377. The number of hydrogen-bond acceptors (Lipinski definition) is 3. The Bertz CT molecular complexity index is 210. The molecule has 4 nitrogen and oxygen atoms in total. The van der Waals surface area contributed by atoms with E-state index in [2.05, 4.69) is 26.1 Å². The van der Waals surface area contributed by atoms with Crippen LogP contribution in [-0.4, -0.2) is 54.5 Å². The van der Waals surface area contributed by atoms with E-state index in [0.29, 0.717) is 6.54 Å². The molecular formula is C10H19BrN2O2. The highest BCUT2D eigenvalue weighted by atomic mass is 79.9. The number of rotatable bonds is 4. The Morgan fingerprint density at radius 2 is 2.07 bits per heavy atom. The molecule has 1 saturated heterocycles. The molecule has 0 atom stereocenters. The van der Waals surface area contributed by atoms with Gasteiger partial charge in [-0.05, 0) is 13.8 Å². The zero-order chi connectivity index (χ0) is 11.3. The lowest BCUT2D eigenvalue weighted by molar-refractivity contribution is -0.122. The first-order valence-corrected chi connectivity index (χ1v) is 6.07. The van der Waals surface area contributed by atoms with Crippen molar-refractivity contribution in [3.05, 3.63) is 0 Å². The maximum Gasteiger partial charge on any atom is 0.236 e. The van der Waals surface area contributed by atoms with Crippen molar-refractivity contribution in [2.45, 2.75) is 18.2 Å². The monoisotopic (exact) mass is 278 g/mol. The van der Waals surface area contributed by atoms with Crippen LogP contribution in [0.1, 0.15) is 13.8 Å². The first kappa shape index (κ1) is 12.9. The summed E-state index contributed by atoms with van der Waals surface area (Å²) in [6, 6.07) is 0. The second-order valence-electron chi connectivity index (χ2n) is 4.18. The highest BCUT2D eigenvalue weighted by Gasteiger charge is 2.23. The number of carbonyl (C=O) groups excluding carboxylic acids is 1. The second kappa shape index (κ2) is 5.82. The fourth-order valence-corrected chi connectivity index (χ4v) is 1.50. The largest absolute Gasteiger partial charge is 0.379 e. The third-order valence-electron chi connectivity index (χ3n) is 2.36. The van der Waals surface area contributed by atoms with Gasteiger partial charge in [0.1, 0.15) is 0 Å². The van der Waals surface area contributed by atoms with Gasteiger partial charge in [0.2, 0.25) is 5.91 Å². The first-order valence-electron chi connectivity index (χ1n) is 5.27. The van der Waals surface area contributed by atoms with Gasteiger partial charge in [0.05, 0.1) is 17.5 Å². The summed E-state index contributed by atoms with van der Waals surface area (Å²) in [6.45, 7) is 8.83. The lowest BCUT2D eigenvalue weighted by atomic mass is 10.2. The highest BCUT2D eigenvalue weighted by Crippen LogP contribution is 2.14. The number of carbonyl (C=O) groups is 1. The van der Waals surface area contributed by atoms with Gasteiger partial charge in [-0.15, -0.1) is 0 Å². The van der Waals surface area contributed by atoms with Crippen LogP contribution in [0.4, 0.5) is 0 Å². The molecule has 1 heterocycles. The third kappa shape index (κ3) is 4.95. The van der Waals surface area contributed by atoms with Crippen molar-refractivity contribution >= 4 is 21.8 Å². The van der Waals surface area contributed by atoms with Crippen molar-refractivity contribution in [3.63, 3.8) is 0 Å². The average Bonchev–Trinajstić information content (AvgIpc) is 2.18. The predicted octanol–water partition coefficient (Wildman–Crippen LogP) is 0.608. The van der Waals surface area contributed by atoms with E-state index in [1.165, 1.54) is 0 Å². The van der Waals surface area contributed by atoms with Gasteiger partial charge in [-0.3, -0.25) is 9.69 Å². The Hall–Kier alpha value is -0.130. The topological polar surface area (TPSA) is 41.6 Å². The minimum Gasteiger partial charge on any atom is -0.379 e. The summed E-state index contributed by atoms with van der Waals surface area (Å²) in [7, 11) is 0. The summed E-state index contributed by atoms with van der Waals surface area (Å²) in [6.07, 6.45) is 0. The molecule has 15 heavy (non-hydrogen) atoms. The molecule has 0 aromatic carbocycles. The highest BCUT2D eigenvalue weighted by molar-refractivity contribution is 9.10. The molecule has 88 valence electrons. The standard InChI is InChI=1S/C10H19BrN2O2/c1-10(2,11)9(14)12-3-4-13-5-7-15-8-6-13/h3-8H2,1-2H3,(H,12,14). The Kier molecular flexibility index (Phi) is 5.02. The molecular weight excluding hydrogens is 260 g/mol. The summed E-state index contributed by atoms with van der Waals surface area (Å²) in [5.41, 5.74) is 0. The number of hydrogen-bond donors (Lipinski definition) is 1. The van der Waals surface area contributed by atoms with Crippen LogP contribution in [0.3, 0.4) is 0 Å². The molecule has 0 aliphatic carbocycles. The van der Waals surface area contributed by atoms with Crippen LogP contribution < -0.4 is 5.32 Å². The summed E-state index contributed by atoms with van der Waals surface area (Å²) >= 11 is 3.32. The number of halogens is 1. The van der Waals surface area contributed by atoms with Gasteiger partial charge in [-0.1, -0.05) is 15.9 Å². The smallest absolute Gasteiger partial charge is 0.236 e. The number of ether oxygens (including phenoxy) is 1. The molecule has 1 fully saturated rings. The van der Waals surface area contributed by atoms with Gasteiger partial charge in [0.15, 0.2) is 0 Å². The van der Waals surface area contributed by atoms with E-state index in [9.17, 15) is 4.79 Å². The van der Waals surface area contributed by atoms with Crippen LogP contribution in [0.5, 0.6) is 0 Å². The van der Waals surface area contributed by atoms with Crippen molar-refractivity contribution in [1.82, 2.24) is 10.2 Å². The maximum absolute atomic E-state index is 11.5. The molecule has 0 bridgehead atoms. The van der Waals surface area contributed by atoms with Crippen LogP contribution in [0.15, 0.2) is 0 Å². The molecule has 0 aromatic rings. The normalized spacial score (nSPS) is 18.9. The van der Waals surface area contributed by atoms with Gasteiger partial charge >= 0.3 is 0 Å². The fourth-order valence-electron chi connectivity index (χ4n) is 1.36. The molecule has 0 spiro atoms. The minimum atomic E-state index is -0.474. The van der Waals surface area contributed by atoms with Gasteiger partial charge < -0.3 is 10.1 Å². The summed E-state index contributed by atoms with van der Waals surface area (Å²) in [5, 5.41) is 2.90. The second-order valence-corrected chi connectivity index (χ2v) is 6.16. The van der Waals surface area contributed by atoms with Crippen molar-refractivity contribution in [3.8, 4) is 0 Å². The summed E-state index contributed by atoms with van der Waals surface area (Å²) in [5.74, 6) is 0.0377. The van der Waals surface area contributed by atoms with Crippen molar-refractivity contribution < 1.29 is 9.53 Å². The van der Waals surface area contributed by atoms with Crippen LogP contribution in [0.25, 0.3) is 0 Å². The fraction of sp³-hybridized carbons (Fsp3) is 0.900. The Morgan fingerprint density at radius 3 is 2.60 bits per heavy atom. The predicted molar refractivity (Wildman–Crippen MR) is 63.3 cm³/mol. The van der Waals surface area contributed by atoms with Crippen LogP contribution in [-0.2, 0) is 9.53 Å². The van der Waals surface area contributed by atoms with Gasteiger partial charge in [0, 0.05) is 26.2 Å². The van der Waals surface area contributed by atoms with E-state index in [4.69, 9.17) is 4.74 Å². The molecule has 1 N–H and O–H groups in total. The van der Waals surface area contributed by atoms with Crippen molar-refractivity contribution in [1.29, 1.82) is 0 Å². The van der Waals surface area contributed by atoms with Gasteiger partial charge in [-0.2, -0.15) is 0 Å². The summed E-state index contributed by atoms with van der Waals surface area (Å²) in [4.78, 5) is 13.8. The van der Waals surface area contributed by atoms with E-state index < -0.39 is 4.32 Å². The van der Waals surface area contributed by atoms with E-state index >= 15 is 0 Å². The summed E-state index contributed by atoms with van der Waals surface area (Å²) < 4.78 is 4.77. The SMILES string of the molecule is CC(C)(Br)C(=O)NCCN1CCOCC1. The molecule has 1 aliphatic rings. The average molecular weight is 279 g/mol. The lowest BCUT2D eigenvalue weighted by Gasteiger charge is -2.27. The third-order valence-corrected chi connectivity index (χ3v) is 2.72. The van der Waals surface area contributed by atoms with Crippen molar-refractivity contribution in [2.24, 2.45) is 0 Å². The number of alkyl halides is 1. The van der Waals surface area contributed by atoms with Gasteiger partial charge in [-0.25, -0.2) is 0 Å². The number of morpholine rings is 1. The molecule has 5 heteroatoms. The molecule has 1 amide bonds. The van der Waals surface area contributed by atoms with Gasteiger partial charge in [0.25, 0.3) is 0 Å². The quantitative estimate of drug-likeness (QED) is 0.767. The Balaban J connectivity index is 2.12. The number of nitrogens with one attached hydrogen (secondary N) is 1. The van der Waals surface area contributed by atoms with Crippen LogP contribution in [0.2, 0.25) is 0 Å². The maximum atomic E-state index is 11.5. The number of amides is 1. The zero-order valence-electron chi connectivity index (χ0n) is 9.38. The Labute approximate surface area is 99.5 Å².